The van der Waals surface area contributed by atoms with Crippen molar-refractivity contribution >= 4 is 11.8 Å². The predicted octanol–water partition coefficient (Wildman–Crippen LogP) is 2.72. The lowest BCUT2D eigenvalue weighted by Gasteiger charge is -2.31. The zero-order valence-corrected chi connectivity index (χ0v) is 17.5. The van der Waals surface area contributed by atoms with Crippen LogP contribution < -0.4 is 5.32 Å². The number of hydrogen-bond acceptors (Lipinski definition) is 4. The van der Waals surface area contributed by atoms with Gasteiger partial charge in [0.05, 0.1) is 23.0 Å². The zero-order valence-electron chi connectivity index (χ0n) is 17.5. The molecule has 2 saturated heterocycles. The zero-order chi connectivity index (χ0) is 20.9. The third-order valence-electron chi connectivity index (χ3n) is 6.08. The van der Waals surface area contributed by atoms with Gasteiger partial charge < -0.3 is 15.0 Å². The fourth-order valence-corrected chi connectivity index (χ4v) is 4.26. The first kappa shape index (κ1) is 20.6. The van der Waals surface area contributed by atoms with Crippen LogP contribution >= 0.6 is 0 Å². The highest BCUT2D eigenvalue weighted by Crippen LogP contribution is 2.23. The lowest BCUT2D eigenvalue weighted by atomic mass is 9.93. The van der Waals surface area contributed by atoms with Gasteiger partial charge >= 0.3 is 0 Å². The summed E-state index contributed by atoms with van der Waals surface area (Å²) in [5, 5.41) is 7.51. The molecule has 3 heterocycles. The molecular formula is C23H30N4O3. The number of nitrogens with zero attached hydrogens (tertiary/aromatic N) is 3. The number of amides is 2. The van der Waals surface area contributed by atoms with Crippen molar-refractivity contribution in [2.45, 2.75) is 45.1 Å². The normalized spacial score (nSPS) is 19.8. The summed E-state index contributed by atoms with van der Waals surface area (Å²) in [5.41, 5.74) is 2.32. The maximum absolute atomic E-state index is 13.0. The first-order valence-electron chi connectivity index (χ1n) is 10.9. The van der Waals surface area contributed by atoms with Crippen LogP contribution in [-0.4, -0.2) is 58.8 Å². The van der Waals surface area contributed by atoms with Gasteiger partial charge in [-0.25, -0.2) is 4.68 Å². The van der Waals surface area contributed by atoms with Crippen molar-refractivity contribution in [3.8, 4) is 5.69 Å². The summed E-state index contributed by atoms with van der Waals surface area (Å²) in [6, 6.07) is 9.80. The second kappa shape index (κ2) is 9.43. The monoisotopic (exact) mass is 410 g/mol. The highest BCUT2D eigenvalue weighted by atomic mass is 16.5. The van der Waals surface area contributed by atoms with Gasteiger partial charge in [-0.2, -0.15) is 5.10 Å². The van der Waals surface area contributed by atoms with Gasteiger partial charge in [-0.1, -0.05) is 18.2 Å². The molecule has 0 radical (unpaired) electrons. The first-order chi connectivity index (χ1) is 14.6. The van der Waals surface area contributed by atoms with Crippen LogP contribution in [0.4, 0.5) is 0 Å². The Bertz CT molecular complexity index is 866. The molecule has 1 N–H and O–H groups in total. The molecule has 2 fully saturated rings. The van der Waals surface area contributed by atoms with Crippen molar-refractivity contribution in [1.82, 2.24) is 20.0 Å². The third kappa shape index (κ3) is 4.90. The molecule has 2 amide bonds. The van der Waals surface area contributed by atoms with E-state index in [9.17, 15) is 9.59 Å². The van der Waals surface area contributed by atoms with Crippen molar-refractivity contribution in [3.05, 3.63) is 47.8 Å². The Hall–Kier alpha value is -2.67. The molecule has 0 saturated carbocycles. The van der Waals surface area contributed by atoms with Crippen molar-refractivity contribution in [2.24, 2.45) is 5.92 Å². The number of rotatable bonds is 6. The standard InChI is InChI=1S/C23H30N4O3/c1-17-21(16-27(25-17)19-6-3-2-4-7-19)23(29)26-11-9-18(10-12-26)14-22(28)24-15-20-8-5-13-30-20/h2-4,6-7,16,18,20H,5,8-15H2,1H3,(H,24,28)/t20-/m1/s1. The number of likely N-dealkylation sites (tertiary alicyclic amines) is 1. The van der Waals surface area contributed by atoms with Crippen molar-refractivity contribution in [1.29, 1.82) is 0 Å². The van der Waals surface area contributed by atoms with Crippen LogP contribution in [0.3, 0.4) is 0 Å². The minimum atomic E-state index is 0.0240. The maximum atomic E-state index is 13.0. The maximum Gasteiger partial charge on any atom is 0.257 e. The third-order valence-corrected chi connectivity index (χ3v) is 6.08. The number of ether oxygens (including phenoxy) is 1. The van der Waals surface area contributed by atoms with Gasteiger partial charge in [0.15, 0.2) is 0 Å². The van der Waals surface area contributed by atoms with Crippen LogP contribution in [0.25, 0.3) is 5.69 Å². The van der Waals surface area contributed by atoms with Crippen molar-refractivity contribution in [2.75, 3.05) is 26.2 Å². The Morgan fingerprint density at radius 3 is 2.63 bits per heavy atom. The second-order valence-corrected chi connectivity index (χ2v) is 8.29. The number of carbonyl (C=O) groups excluding carboxylic acids is 2. The number of para-hydroxylation sites is 1. The first-order valence-corrected chi connectivity index (χ1v) is 10.9. The average molecular weight is 411 g/mol. The molecule has 0 unspecified atom stereocenters. The Kier molecular flexibility index (Phi) is 6.47. The lowest BCUT2D eigenvalue weighted by molar-refractivity contribution is -0.122. The summed E-state index contributed by atoms with van der Waals surface area (Å²) >= 11 is 0. The Labute approximate surface area is 177 Å². The van der Waals surface area contributed by atoms with E-state index >= 15 is 0 Å². The molecule has 2 aliphatic heterocycles. The molecule has 2 aliphatic rings. The van der Waals surface area contributed by atoms with E-state index < -0.39 is 0 Å². The van der Waals surface area contributed by atoms with Crippen LogP contribution in [0.5, 0.6) is 0 Å². The summed E-state index contributed by atoms with van der Waals surface area (Å²) in [4.78, 5) is 27.1. The van der Waals surface area contributed by atoms with Gasteiger partial charge in [0.2, 0.25) is 5.91 Å². The van der Waals surface area contributed by atoms with Crippen LogP contribution in [-0.2, 0) is 9.53 Å². The Morgan fingerprint density at radius 2 is 1.93 bits per heavy atom. The molecule has 0 spiro atoms. The second-order valence-electron chi connectivity index (χ2n) is 8.29. The topological polar surface area (TPSA) is 76.5 Å². The number of benzene rings is 1. The Morgan fingerprint density at radius 1 is 1.17 bits per heavy atom. The molecular weight excluding hydrogens is 380 g/mol. The van der Waals surface area contributed by atoms with E-state index in [-0.39, 0.29) is 17.9 Å². The molecule has 7 nitrogen and oxygen atoms in total. The van der Waals surface area contributed by atoms with Gasteiger partial charge in [0.1, 0.15) is 0 Å². The van der Waals surface area contributed by atoms with Gasteiger partial charge in [-0.3, -0.25) is 9.59 Å². The summed E-state index contributed by atoms with van der Waals surface area (Å²) in [6.07, 6.45) is 6.33. The van der Waals surface area contributed by atoms with Gasteiger partial charge in [-0.15, -0.1) is 0 Å². The number of hydrogen-bond donors (Lipinski definition) is 1. The Balaban J connectivity index is 1.27. The fourth-order valence-electron chi connectivity index (χ4n) is 4.26. The van der Waals surface area contributed by atoms with Crippen LogP contribution in [0.15, 0.2) is 36.5 Å². The van der Waals surface area contributed by atoms with Crippen molar-refractivity contribution < 1.29 is 14.3 Å². The predicted molar refractivity (Wildman–Crippen MR) is 114 cm³/mol. The highest BCUT2D eigenvalue weighted by Gasteiger charge is 2.27. The van der Waals surface area contributed by atoms with E-state index in [1.807, 2.05) is 48.4 Å². The van der Waals surface area contributed by atoms with Gasteiger partial charge in [0, 0.05) is 38.9 Å². The molecule has 2 aromatic rings. The van der Waals surface area contributed by atoms with Crippen molar-refractivity contribution in [3.63, 3.8) is 0 Å². The summed E-state index contributed by atoms with van der Waals surface area (Å²) < 4.78 is 7.31. The molecule has 1 aromatic carbocycles. The fraction of sp³-hybridized carbons (Fsp3) is 0.522. The number of piperidine rings is 1. The number of aromatic nitrogens is 2. The van der Waals surface area contributed by atoms with Crippen LogP contribution in [0.2, 0.25) is 0 Å². The van der Waals surface area contributed by atoms with Gasteiger partial charge in [0.25, 0.3) is 5.91 Å². The van der Waals surface area contributed by atoms with Crippen LogP contribution in [0.1, 0.15) is 48.2 Å². The SMILES string of the molecule is Cc1nn(-c2ccccc2)cc1C(=O)N1CCC(CC(=O)NC[C@H]2CCCO2)CC1. The van der Waals surface area contributed by atoms with Gasteiger partial charge in [-0.05, 0) is 50.7 Å². The molecule has 0 bridgehead atoms. The summed E-state index contributed by atoms with van der Waals surface area (Å²) in [6.45, 7) is 4.65. The summed E-state index contributed by atoms with van der Waals surface area (Å²) in [7, 11) is 0. The summed E-state index contributed by atoms with van der Waals surface area (Å²) in [5.74, 6) is 0.443. The largest absolute Gasteiger partial charge is 0.376 e. The quantitative estimate of drug-likeness (QED) is 0.794. The minimum Gasteiger partial charge on any atom is -0.376 e. The lowest BCUT2D eigenvalue weighted by Crippen LogP contribution is -2.40. The number of aryl methyl sites for hydroxylation is 1. The van der Waals surface area contributed by atoms with E-state index in [1.54, 1.807) is 4.68 Å². The van der Waals surface area contributed by atoms with E-state index in [1.165, 1.54) is 0 Å². The number of carbonyl (C=O) groups is 2. The van der Waals surface area contributed by atoms with E-state index in [0.29, 0.717) is 37.5 Å². The number of nitrogens with one attached hydrogen (secondary N) is 1. The molecule has 4 rings (SSSR count). The molecule has 7 heteroatoms. The molecule has 1 atom stereocenters. The smallest absolute Gasteiger partial charge is 0.257 e. The highest BCUT2D eigenvalue weighted by molar-refractivity contribution is 5.95. The molecule has 1 aromatic heterocycles. The van der Waals surface area contributed by atoms with E-state index in [0.717, 1.165) is 43.7 Å². The molecule has 0 aliphatic carbocycles. The van der Waals surface area contributed by atoms with E-state index in [4.69, 9.17) is 4.74 Å². The minimum absolute atomic E-state index is 0.0240. The molecule has 30 heavy (non-hydrogen) atoms. The average Bonchev–Trinajstić information content (AvgIpc) is 3.43. The van der Waals surface area contributed by atoms with Crippen LogP contribution in [0, 0.1) is 12.8 Å². The van der Waals surface area contributed by atoms with E-state index in [2.05, 4.69) is 10.4 Å². The molecule has 160 valence electrons.